The van der Waals surface area contributed by atoms with Gasteiger partial charge in [0.1, 0.15) is 10.7 Å². The number of rotatable bonds is 4. The number of benzene rings is 3. The fourth-order valence-electron chi connectivity index (χ4n) is 3.44. The van der Waals surface area contributed by atoms with Crippen molar-refractivity contribution in [2.45, 2.75) is 17.9 Å². The molecular weight excluding hydrogens is 462 g/mol. The number of hydrogen-bond acceptors (Lipinski definition) is 3. The Kier molecular flexibility index (Phi) is 6.03. The van der Waals surface area contributed by atoms with Crippen molar-refractivity contribution >= 4 is 44.8 Å². The zero-order valence-corrected chi connectivity index (χ0v) is 18.4. The van der Waals surface area contributed by atoms with Gasteiger partial charge in [-0.2, -0.15) is 4.31 Å². The van der Waals surface area contributed by atoms with Gasteiger partial charge in [0.2, 0.25) is 10.0 Å². The summed E-state index contributed by atoms with van der Waals surface area (Å²) < 4.78 is 41.9. The summed E-state index contributed by atoms with van der Waals surface area (Å²) in [5, 5.41) is 2.66. The van der Waals surface area contributed by atoms with Gasteiger partial charge < -0.3 is 5.32 Å². The fraction of sp³-hybridized carbons (Fsp3) is 0.136. The van der Waals surface area contributed by atoms with E-state index in [1.807, 2.05) is 24.3 Å². The summed E-state index contributed by atoms with van der Waals surface area (Å²) in [7, 11) is -3.95. The molecule has 1 aliphatic rings. The van der Waals surface area contributed by atoms with Crippen LogP contribution in [0.3, 0.4) is 0 Å². The highest BCUT2D eigenvalue weighted by Crippen LogP contribution is 2.30. The second kappa shape index (κ2) is 8.59. The van der Waals surface area contributed by atoms with E-state index in [9.17, 15) is 17.6 Å². The highest BCUT2D eigenvalue weighted by atomic mass is 35.5. The summed E-state index contributed by atoms with van der Waals surface area (Å²) in [5.74, 6) is -1.34. The van der Waals surface area contributed by atoms with Crippen molar-refractivity contribution in [1.29, 1.82) is 0 Å². The van der Waals surface area contributed by atoms with E-state index in [0.29, 0.717) is 13.0 Å². The number of amides is 1. The quantitative estimate of drug-likeness (QED) is 0.564. The molecule has 0 aromatic heterocycles. The van der Waals surface area contributed by atoms with Gasteiger partial charge >= 0.3 is 0 Å². The third-order valence-corrected chi connectivity index (χ3v) is 7.65. The van der Waals surface area contributed by atoms with E-state index in [2.05, 4.69) is 5.32 Å². The van der Waals surface area contributed by atoms with Gasteiger partial charge in [0, 0.05) is 23.7 Å². The van der Waals surface area contributed by atoms with Crippen LogP contribution in [0.2, 0.25) is 10.0 Å². The predicted molar refractivity (Wildman–Crippen MR) is 119 cm³/mol. The van der Waals surface area contributed by atoms with Gasteiger partial charge in [-0.15, -0.1) is 0 Å². The van der Waals surface area contributed by atoms with E-state index in [-0.39, 0.29) is 32.7 Å². The zero-order chi connectivity index (χ0) is 22.2. The maximum atomic E-state index is 13.9. The van der Waals surface area contributed by atoms with E-state index in [1.54, 1.807) is 0 Å². The summed E-state index contributed by atoms with van der Waals surface area (Å²) >= 11 is 12.0. The molecule has 1 N–H and O–H groups in total. The normalized spacial score (nSPS) is 14.2. The third-order valence-electron chi connectivity index (χ3n) is 5.08. The van der Waals surface area contributed by atoms with Gasteiger partial charge in [0.15, 0.2) is 0 Å². The highest BCUT2D eigenvalue weighted by Gasteiger charge is 2.30. The molecule has 0 fully saturated rings. The second-order valence-electron chi connectivity index (χ2n) is 7.08. The topological polar surface area (TPSA) is 66.5 Å². The molecule has 0 saturated heterocycles. The molecular formula is C22H17Cl2FN2O3S. The first kappa shape index (κ1) is 21.8. The molecule has 3 aromatic carbocycles. The van der Waals surface area contributed by atoms with Gasteiger partial charge in [-0.25, -0.2) is 12.8 Å². The summed E-state index contributed by atoms with van der Waals surface area (Å²) in [6, 6.07) is 15.3. The second-order valence-corrected chi connectivity index (χ2v) is 9.83. The predicted octanol–water partition coefficient (Wildman–Crippen LogP) is 5.13. The first-order chi connectivity index (χ1) is 14.8. The van der Waals surface area contributed by atoms with E-state index >= 15 is 0 Å². The summed E-state index contributed by atoms with van der Waals surface area (Å²) in [6.07, 6.45) is 0.585. The molecule has 0 unspecified atom stereocenters. The molecule has 160 valence electrons. The molecule has 0 atom stereocenters. The molecule has 0 bridgehead atoms. The van der Waals surface area contributed by atoms with E-state index < -0.39 is 21.7 Å². The average molecular weight is 479 g/mol. The van der Waals surface area contributed by atoms with Crippen molar-refractivity contribution in [3.05, 3.63) is 93.2 Å². The Labute approximate surface area is 189 Å². The molecule has 5 nitrogen and oxygen atoms in total. The average Bonchev–Trinajstić information content (AvgIpc) is 2.76. The van der Waals surface area contributed by atoms with Crippen molar-refractivity contribution in [1.82, 2.24) is 4.31 Å². The lowest BCUT2D eigenvalue weighted by Gasteiger charge is -2.28. The van der Waals surface area contributed by atoms with Crippen LogP contribution in [-0.2, 0) is 23.0 Å². The van der Waals surface area contributed by atoms with Crippen LogP contribution in [-0.4, -0.2) is 25.2 Å². The molecule has 1 heterocycles. The minimum Gasteiger partial charge on any atom is -0.319 e. The van der Waals surface area contributed by atoms with Gasteiger partial charge in [0.05, 0.1) is 10.7 Å². The molecule has 0 aliphatic carbocycles. The van der Waals surface area contributed by atoms with Crippen LogP contribution in [0.5, 0.6) is 0 Å². The van der Waals surface area contributed by atoms with Crippen molar-refractivity contribution in [2.75, 3.05) is 11.9 Å². The standard InChI is InChI=1S/C22H17Cl2FN2O3S/c23-17-6-8-19(25)20(12-17)26-22(28)15-5-7-18(24)21(11-15)31(29,30)27-10-9-14-3-1-2-4-16(14)13-27/h1-8,11-12H,9-10,13H2,(H,26,28). The minimum atomic E-state index is -3.95. The number of nitrogens with zero attached hydrogens (tertiary/aromatic N) is 1. The molecule has 0 spiro atoms. The number of halogens is 3. The van der Waals surface area contributed by atoms with Gasteiger partial charge in [0.25, 0.3) is 5.91 Å². The van der Waals surface area contributed by atoms with Crippen LogP contribution in [0, 0.1) is 5.82 Å². The molecule has 9 heteroatoms. The van der Waals surface area contributed by atoms with Crippen LogP contribution in [0.4, 0.5) is 10.1 Å². The van der Waals surface area contributed by atoms with E-state index in [4.69, 9.17) is 23.2 Å². The van der Waals surface area contributed by atoms with Crippen LogP contribution in [0.25, 0.3) is 0 Å². The van der Waals surface area contributed by atoms with Crippen LogP contribution < -0.4 is 5.32 Å². The molecule has 4 rings (SSSR count). The maximum Gasteiger partial charge on any atom is 0.255 e. The van der Waals surface area contributed by atoms with Crippen molar-refractivity contribution < 1.29 is 17.6 Å². The van der Waals surface area contributed by atoms with E-state index in [0.717, 1.165) is 17.2 Å². The molecule has 0 radical (unpaired) electrons. The number of sulfonamides is 1. The lowest BCUT2D eigenvalue weighted by atomic mass is 10.0. The van der Waals surface area contributed by atoms with Gasteiger partial charge in [-0.1, -0.05) is 47.5 Å². The molecule has 31 heavy (non-hydrogen) atoms. The molecule has 3 aromatic rings. The van der Waals surface area contributed by atoms with Gasteiger partial charge in [-0.3, -0.25) is 4.79 Å². The Morgan fingerprint density at radius 3 is 2.52 bits per heavy atom. The first-order valence-electron chi connectivity index (χ1n) is 9.38. The van der Waals surface area contributed by atoms with Crippen molar-refractivity contribution in [3.8, 4) is 0 Å². The number of anilines is 1. The summed E-state index contributed by atoms with van der Waals surface area (Å²) in [5.41, 5.74) is 1.96. The fourth-order valence-corrected chi connectivity index (χ4v) is 5.54. The Morgan fingerprint density at radius 2 is 1.74 bits per heavy atom. The summed E-state index contributed by atoms with van der Waals surface area (Å²) in [4.78, 5) is 12.5. The Balaban J connectivity index is 1.63. The highest BCUT2D eigenvalue weighted by molar-refractivity contribution is 7.89. The van der Waals surface area contributed by atoms with Crippen LogP contribution in [0.1, 0.15) is 21.5 Å². The smallest absolute Gasteiger partial charge is 0.255 e. The first-order valence-corrected chi connectivity index (χ1v) is 11.6. The SMILES string of the molecule is O=C(Nc1cc(Cl)ccc1F)c1ccc(Cl)c(S(=O)(=O)N2CCc3ccccc3C2)c1. The van der Waals surface area contributed by atoms with Crippen LogP contribution in [0.15, 0.2) is 65.6 Å². The maximum absolute atomic E-state index is 13.9. The van der Waals surface area contributed by atoms with Crippen LogP contribution >= 0.6 is 23.2 Å². The number of fused-ring (bicyclic) bond motifs is 1. The number of carbonyl (C=O) groups is 1. The number of nitrogens with one attached hydrogen (secondary N) is 1. The summed E-state index contributed by atoms with van der Waals surface area (Å²) in [6.45, 7) is 0.527. The third kappa shape index (κ3) is 4.45. The molecule has 0 saturated carbocycles. The zero-order valence-electron chi connectivity index (χ0n) is 16.1. The lowest BCUT2D eigenvalue weighted by molar-refractivity contribution is 0.102. The number of hydrogen-bond donors (Lipinski definition) is 1. The largest absolute Gasteiger partial charge is 0.319 e. The van der Waals surface area contributed by atoms with Crippen molar-refractivity contribution in [2.24, 2.45) is 0 Å². The minimum absolute atomic E-state index is 0.00402. The van der Waals surface area contributed by atoms with Gasteiger partial charge in [-0.05, 0) is 53.9 Å². The number of carbonyl (C=O) groups excluding carboxylic acids is 1. The Hall–Kier alpha value is -2.45. The Bertz CT molecular complexity index is 1280. The monoisotopic (exact) mass is 478 g/mol. The lowest BCUT2D eigenvalue weighted by Crippen LogP contribution is -2.36. The molecule has 1 aliphatic heterocycles. The van der Waals surface area contributed by atoms with E-state index in [1.165, 1.54) is 34.6 Å². The Morgan fingerprint density at radius 1 is 1.00 bits per heavy atom. The molecule has 1 amide bonds. The van der Waals surface area contributed by atoms with Crippen molar-refractivity contribution in [3.63, 3.8) is 0 Å².